The van der Waals surface area contributed by atoms with E-state index in [0.717, 1.165) is 10.0 Å². The Morgan fingerprint density at radius 1 is 1.33 bits per heavy atom. The molecule has 1 saturated heterocycles. The van der Waals surface area contributed by atoms with Crippen LogP contribution in [0.25, 0.3) is 0 Å². The van der Waals surface area contributed by atoms with E-state index in [1.54, 1.807) is 0 Å². The van der Waals surface area contributed by atoms with Crippen molar-refractivity contribution < 1.29 is 9.53 Å². The number of nitrogens with one attached hydrogen (secondary N) is 1. The minimum Gasteiger partial charge on any atom is -0.439 e. The lowest BCUT2D eigenvalue weighted by molar-refractivity contribution is 0.118. The van der Waals surface area contributed by atoms with Gasteiger partial charge in [-0.2, -0.15) is 0 Å². The average Bonchev–Trinajstić information content (AvgIpc) is 2.41. The SMILES string of the molecule is CC1(C)NC(=O)OC1c1ccc(Br)cc1. The summed E-state index contributed by atoms with van der Waals surface area (Å²) in [5.74, 6) is 0. The zero-order valence-electron chi connectivity index (χ0n) is 8.58. The predicted molar refractivity (Wildman–Crippen MR) is 60.6 cm³/mol. The molecule has 1 aromatic carbocycles. The molecular formula is C11H12BrNO2. The Kier molecular flexibility index (Phi) is 2.46. The van der Waals surface area contributed by atoms with Crippen molar-refractivity contribution in [1.29, 1.82) is 0 Å². The molecule has 3 nitrogen and oxygen atoms in total. The molecule has 0 saturated carbocycles. The van der Waals surface area contributed by atoms with Crippen molar-refractivity contribution >= 4 is 22.0 Å². The van der Waals surface area contributed by atoms with Crippen LogP contribution in [-0.2, 0) is 4.74 Å². The van der Waals surface area contributed by atoms with Crippen LogP contribution in [0.5, 0.6) is 0 Å². The van der Waals surface area contributed by atoms with Crippen LogP contribution in [-0.4, -0.2) is 11.6 Å². The summed E-state index contributed by atoms with van der Waals surface area (Å²) in [5.41, 5.74) is 0.645. The van der Waals surface area contributed by atoms with Crippen molar-refractivity contribution in [2.75, 3.05) is 0 Å². The van der Waals surface area contributed by atoms with E-state index in [1.807, 2.05) is 38.1 Å². The third-order valence-corrected chi connectivity index (χ3v) is 3.01. The number of ether oxygens (including phenoxy) is 1. The molecule has 15 heavy (non-hydrogen) atoms. The van der Waals surface area contributed by atoms with E-state index in [2.05, 4.69) is 21.2 Å². The number of hydrogen-bond acceptors (Lipinski definition) is 2. The number of carbonyl (C=O) groups excluding carboxylic acids is 1. The third kappa shape index (κ3) is 2.00. The second-order valence-corrected chi connectivity index (χ2v) is 5.10. The molecule has 0 spiro atoms. The van der Waals surface area contributed by atoms with E-state index >= 15 is 0 Å². The molecule has 0 radical (unpaired) electrons. The molecule has 1 atom stereocenters. The molecule has 4 heteroatoms. The largest absolute Gasteiger partial charge is 0.439 e. The molecule has 0 aliphatic carbocycles. The van der Waals surface area contributed by atoms with Gasteiger partial charge in [-0.25, -0.2) is 4.79 Å². The van der Waals surface area contributed by atoms with Gasteiger partial charge in [-0.1, -0.05) is 28.1 Å². The van der Waals surface area contributed by atoms with E-state index in [4.69, 9.17) is 4.74 Å². The van der Waals surface area contributed by atoms with Crippen LogP contribution in [0.1, 0.15) is 25.5 Å². The Hall–Kier alpha value is -1.03. The molecule has 1 unspecified atom stereocenters. The smallest absolute Gasteiger partial charge is 0.408 e. The third-order valence-electron chi connectivity index (χ3n) is 2.48. The van der Waals surface area contributed by atoms with Crippen molar-refractivity contribution in [2.45, 2.75) is 25.5 Å². The first-order valence-electron chi connectivity index (χ1n) is 4.73. The fraction of sp³-hybridized carbons (Fsp3) is 0.364. The number of benzene rings is 1. The van der Waals surface area contributed by atoms with Crippen molar-refractivity contribution in [3.05, 3.63) is 34.3 Å². The fourth-order valence-electron chi connectivity index (χ4n) is 1.73. The van der Waals surface area contributed by atoms with Gasteiger partial charge in [0, 0.05) is 4.47 Å². The second kappa shape index (κ2) is 3.52. The van der Waals surface area contributed by atoms with E-state index in [9.17, 15) is 4.79 Å². The summed E-state index contributed by atoms with van der Waals surface area (Å²) in [5, 5.41) is 2.78. The summed E-state index contributed by atoms with van der Waals surface area (Å²) < 4.78 is 6.25. The Morgan fingerprint density at radius 3 is 2.40 bits per heavy atom. The molecule has 1 heterocycles. The van der Waals surface area contributed by atoms with Crippen molar-refractivity contribution in [3.8, 4) is 0 Å². The fourth-order valence-corrected chi connectivity index (χ4v) is 2.00. The Morgan fingerprint density at radius 2 is 1.93 bits per heavy atom. The zero-order valence-corrected chi connectivity index (χ0v) is 10.2. The highest BCUT2D eigenvalue weighted by Gasteiger charge is 2.41. The normalized spacial score (nSPS) is 23.4. The Balaban J connectivity index is 2.31. The summed E-state index contributed by atoms with van der Waals surface area (Å²) in [6.07, 6.45) is -0.578. The number of carbonyl (C=O) groups is 1. The number of rotatable bonds is 1. The van der Waals surface area contributed by atoms with Crippen molar-refractivity contribution in [3.63, 3.8) is 0 Å². The number of hydrogen-bond donors (Lipinski definition) is 1. The average molecular weight is 270 g/mol. The van der Waals surface area contributed by atoms with Gasteiger partial charge in [-0.3, -0.25) is 0 Å². The lowest BCUT2D eigenvalue weighted by Gasteiger charge is -2.23. The number of amides is 1. The maximum absolute atomic E-state index is 11.2. The quantitative estimate of drug-likeness (QED) is 0.851. The van der Waals surface area contributed by atoms with Crippen LogP contribution in [0, 0.1) is 0 Å². The molecule has 2 rings (SSSR count). The first-order chi connectivity index (χ1) is 6.99. The molecule has 1 amide bonds. The number of alkyl carbamates (subject to hydrolysis) is 1. The minimum absolute atomic E-state index is 0.224. The van der Waals surface area contributed by atoms with Crippen LogP contribution in [0.3, 0.4) is 0 Å². The molecule has 1 N–H and O–H groups in total. The van der Waals surface area contributed by atoms with Gasteiger partial charge in [0.1, 0.15) is 0 Å². The summed E-state index contributed by atoms with van der Waals surface area (Å²) in [6.45, 7) is 3.90. The van der Waals surface area contributed by atoms with Gasteiger partial charge in [0.25, 0.3) is 0 Å². The van der Waals surface area contributed by atoms with Crippen LogP contribution in [0.15, 0.2) is 28.7 Å². The minimum atomic E-state index is -0.356. The Labute approximate surface area is 96.9 Å². The van der Waals surface area contributed by atoms with E-state index in [-0.39, 0.29) is 17.7 Å². The highest BCUT2D eigenvalue weighted by atomic mass is 79.9. The van der Waals surface area contributed by atoms with Gasteiger partial charge < -0.3 is 10.1 Å². The molecule has 1 aliphatic rings. The molecule has 0 bridgehead atoms. The topological polar surface area (TPSA) is 38.3 Å². The van der Waals surface area contributed by atoms with Gasteiger partial charge in [0.15, 0.2) is 6.10 Å². The maximum atomic E-state index is 11.2. The van der Waals surface area contributed by atoms with Crippen LogP contribution < -0.4 is 5.32 Å². The molecule has 1 fully saturated rings. The lowest BCUT2D eigenvalue weighted by Crippen LogP contribution is -2.38. The number of halogens is 1. The van der Waals surface area contributed by atoms with E-state index in [1.165, 1.54) is 0 Å². The number of cyclic esters (lactones) is 1. The first kappa shape index (κ1) is 10.5. The zero-order chi connectivity index (χ0) is 11.1. The van der Waals surface area contributed by atoms with Crippen molar-refractivity contribution in [1.82, 2.24) is 5.32 Å². The van der Waals surface area contributed by atoms with Crippen molar-refractivity contribution in [2.24, 2.45) is 0 Å². The summed E-state index contributed by atoms with van der Waals surface area (Å²) >= 11 is 3.37. The second-order valence-electron chi connectivity index (χ2n) is 4.18. The maximum Gasteiger partial charge on any atom is 0.408 e. The lowest BCUT2D eigenvalue weighted by atomic mass is 9.92. The van der Waals surface area contributed by atoms with Gasteiger partial charge in [-0.05, 0) is 31.5 Å². The summed E-state index contributed by atoms with van der Waals surface area (Å²) in [7, 11) is 0. The molecule has 1 aliphatic heterocycles. The first-order valence-corrected chi connectivity index (χ1v) is 5.52. The molecule has 0 aromatic heterocycles. The predicted octanol–water partition coefficient (Wildman–Crippen LogP) is 3.01. The van der Waals surface area contributed by atoms with Gasteiger partial charge in [-0.15, -0.1) is 0 Å². The standard InChI is InChI=1S/C11H12BrNO2/c1-11(2)9(15-10(14)13-11)7-3-5-8(12)6-4-7/h3-6,9H,1-2H3,(H,13,14). The summed E-state index contributed by atoms with van der Waals surface area (Å²) in [4.78, 5) is 11.2. The van der Waals surface area contributed by atoms with E-state index in [0.29, 0.717) is 0 Å². The molecule has 1 aromatic rings. The monoisotopic (exact) mass is 269 g/mol. The van der Waals surface area contributed by atoms with E-state index < -0.39 is 0 Å². The van der Waals surface area contributed by atoms with Gasteiger partial charge >= 0.3 is 6.09 Å². The molecule has 80 valence electrons. The Bertz CT molecular complexity index is 386. The van der Waals surface area contributed by atoms with Gasteiger partial charge in [0.05, 0.1) is 5.54 Å². The highest BCUT2D eigenvalue weighted by molar-refractivity contribution is 9.10. The van der Waals surface area contributed by atoms with Crippen LogP contribution in [0.2, 0.25) is 0 Å². The summed E-state index contributed by atoms with van der Waals surface area (Å²) in [6, 6.07) is 7.79. The van der Waals surface area contributed by atoms with Gasteiger partial charge in [0.2, 0.25) is 0 Å². The van der Waals surface area contributed by atoms with Crippen LogP contribution >= 0.6 is 15.9 Å². The molecular weight excluding hydrogens is 258 g/mol. The highest BCUT2D eigenvalue weighted by Crippen LogP contribution is 2.34. The van der Waals surface area contributed by atoms with Crippen LogP contribution in [0.4, 0.5) is 4.79 Å².